The van der Waals surface area contributed by atoms with Gasteiger partial charge in [0, 0.05) is 61.0 Å². The van der Waals surface area contributed by atoms with Crippen molar-refractivity contribution in [3.63, 3.8) is 0 Å². The molecule has 1 unspecified atom stereocenters. The molecular formula is C27H31ClN6O4. The maximum atomic E-state index is 11.9. The van der Waals surface area contributed by atoms with Gasteiger partial charge in [0.05, 0.1) is 56.0 Å². The van der Waals surface area contributed by atoms with Crippen LogP contribution in [-0.4, -0.2) is 74.6 Å². The lowest BCUT2D eigenvalue weighted by atomic mass is 10.1. The molecule has 4 aromatic rings. The zero-order valence-corrected chi connectivity index (χ0v) is 22.8. The van der Waals surface area contributed by atoms with Crippen molar-refractivity contribution in [1.82, 2.24) is 24.6 Å². The Morgan fingerprint density at radius 2 is 1.74 bits per heavy atom. The Morgan fingerprint density at radius 1 is 1.03 bits per heavy atom. The number of anilines is 2. The predicted octanol–water partition coefficient (Wildman–Crippen LogP) is 4.62. The van der Waals surface area contributed by atoms with Gasteiger partial charge in [-0.1, -0.05) is 0 Å². The molecule has 1 atom stereocenters. The van der Waals surface area contributed by atoms with Crippen LogP contribution in [0.3, 0.4) is 0 Å². The Hall–Kier alpha value is -3.89. The quantitative estimate of drug-likeness (QED) is 0.230. The minimum atomic E-state index is -0.916. The Kier molecular flexibility index (Phi) is 8.33. The number of methoxy groups -OCH3 is 2. The third-order valence-electron chi connectivity index (χ3n) is 6.14. The summed E-state index contributed by atoms with van der Waals surface area (Å²) < 4.78 is 12.7. The van der Waals surface area contributed by atoms with Gasteiger partial charge in [-0.25, -0.2) is 4.98 Å². The van der Waals surface area contributed by atoms with Gasteiger partial charge in [-0.15, -0.1) is 0 Å². The van der Waals surface area contributed by atoms with Crippen LogP contribution in [0.2, 0.25) is 0 Å². The summed E-state index contributed by atoms with van der Waals surface area (Å²) >= 11 is 5.77. The number of aromatic nitrogens is 4. The molecule has 0 saturated heterocycles. The van der Waals surface area contributed by atoms with E-state index in [0.29, 0.717) is 22.7 Å². The van der Waals surface area contributed by atoms with Crippen LogP contribution in [0.25, 0.3) is 22.3 Å². The van der Waals surface area contributed by atoms with E-state index in [1.807, 2.05) is 62.3 Å². The van der Waals surface area contributed by atoms with Crippen LogP contribution in [0, 0.1) is 0 Å². The van der Waals surface area contributed by atoms with Gasteiger partial charge in [0.15, 0.2) is 0 Å². The van der Waals surface area contributed by atoms with Gasteiger partial charge >= 0.3 is 5.37 Å². The van der Waals surface area contributed by atoms with Crippen LogP contribution >= 0.6 is 11.6 Å². The Morgan fingerprint density at radius 3 is 2.32 bits per heavy atom. The molecule has 0 fully saturated rings. The summed E-state index contributed by atoms with van der Waals surface area (Å²) in [4.78, 5) is 24.6. The molecule has 0 radical (unpaired) electrons. The number of aryl methyl sites for hydroxylation is 1. The fourth-order valence-electron chi connectivity index (χ4n) is 4.15. The molecule has 4 rings (SSSR count). The van der Waals surface area contributed by atoms with Crippen molar-refractivity contribution >= 4 is 39.4 Å². The highest BCUT2D eigenvalue weighted by molar-refractivity contribution is 6.62. The number of aliphatic hydroxyl groups is 1. The number of hydrogen-bond acceptors (Lipinski definition) is 8. The maximum absolute atomic E-state index is 11.9. The number of rotatable bonds is 10. The topological polar surface area (TPSA) is 106 Å². The minimum Gasteiger partial charge on any atom is -0.497 e. The van der Waals surface area contributed by atoms with Crippen molar-refractivity contribution in [3.05, 3.63) is 55.0 Å². The summed E-state index contributed by atoms with van der Waals surface area (Å²) in [5.74, 6) is 1.19. The molecule has 1 amide bonds. The maximum Gasteiger partial charge on any atom is 0.316 e. The smallest absolute Gasteiger partial charge is 0.316 e. The highest BCUT2D eigenvalue weighted by Gasteiger charge is 2.23. The van der Waals surface area contributed by atoms with Crippen molar-refractivity contribution in [1.29, 1.82) is 0 Å². The van der Waals surface area contributed by atoms with Crippen LogP contribution in [0.15, 0.2) is 55.0 Å². The normalized spacial score (nSPS) is 12.0. The number of halogens is 1. The van der Waals surface area contributed by atoms with Crippen molar-refractivity contribution < 1.29 is 19.4 Å². The van der Waals surface area contributed by atoms with E-state index in [2.05, 4.69) is 10.1 Å². The summed E-state index contributed by atoms with van der Waals surface area (Å²) in [7, 11) is 5.01. The van der Waals surface area contributed by atoms with Crippen LogP contribution in [0.5, 0.6) is 11.5 Å². The molecule has 0 aliphatic rings. The van der Waals surface area contributed by atoms with E-state index in [9.17, 15) is 9.90 Å². The second-order valence-corrected chi connectivity index (χ2v) is 9.49. The Bertz CT molecular complexity index is 1400. The molecule has 38 heavy (non-hydrogen) atoms. The fourth-order valence-corrected chi connectivity index (χ4v) is 4.41. The molecule has 0 aliphatic carbocycles. The van der Waals surface area contributed by atoms with Crippen molar-refractivity contribution in [2.45, 2.75) is 26.0 Å². The van der Waals surface area contributed by atoms with Gasteiger partial charge in [-0.3, -0.25) is 14.5 Å². The highest BCUT2D eigenvalue weighted by Crippen LogP contribution is 2.34. The average molecular weight is 539 g/mol. The number of carbonyl (C=O) groups excluding carboxylic acids is 1. The summed E-state index contributed by atoms with van der Waals surface area (Å²) in [5, 5.41) is 14.7. The standard InChI is InChI=1S/C27H31ClN6O4/c1-17(2)33(27(28)36)15-21(35)16-34(20-8-22(37-4)11-23(9-20)38-5)19-6-7-24-25(10-19)31-26(13-29-24)18-12-30-32(3)14-18/h6-14,17,21,35H,15-16H2,1-5H3. The number of amides is 1. The van der Waals surface area contributed by atoms with Crippen molar-refractivity contribution in [2.75, 3.05) is 32.2 Å². The fraction of sp³-hybridized carbons (Fsp3) is 0.333. The van der Waals surface area contributed by atoms with E-state index in [0.717, 1.165) is 22.5 Å². The number of carbonyl (C=O) groups is 1. The van der Waals surface area contributed by atoms with E-state index in [1.165, 1.54) is 4.90 Å². The average Bonchev–Trinajstić information content (AvgIpc) is 3.35. The first kappa shape index (κ1) is 27.2. The summed E-state index contributed by atoms with van der Waals surface area (Å²) in [6.07, 6.45) is 4.42. The van der Waals surface area contributed by atoms with Crippen molar-refractivity contribution in [3.8, 4) is 22.8 Å². The largest absolute Gasteiger partial charge is 0.497 e. The third-order valence-corrected chi connectivity index (χ3v) is 6.35. The number of fused-ring (bicyclic) bond motifs is 1. The van der Waals surface area contributed by atoms with Crippen LogP contribution in [0.1, 0.15) is 13.8 Å². The van der Waals surface area contributed by atoms with Gasteiger partial charge in [-0.05, 0) is 43.6 Å². The molecule has 2 aromatic carbocycles. The van der Waals surface area contributed by atoms with E-state index in [-0.39, 0.29) is 19.1 Å². The lowest BCUT2D eigenvalue weighted by Crippen LogP contribution is -2.43. The molecule has 0 saturated carbocycles. The van der Waals surface area contributed by atoms with Gasteiger partial charge in [0.1, 0.15) is 11.5 Å². The molecule has 0 aliphatic heterocycles. The number of ether oxygens (including phenoxy) is 2. The van der Waals surface area contributed by atoms with E-state index < -0.39 is 11.5 Å². The van der Waals surface area contributed by atoms with Gasteiger partial charge in [-0.2, -0.15) is 5.10 Å². The Balaban J connectivity index is 1.76. The highest BCUT2D eigenvalue weighted by atomic mass is 35.5. The number of benzene rings is 2. The number of aliphatic hydroxyl groups excluding tert-OH is 1. The summed E-state index contributed by atoms with van der Waals surface area (Å²) in [5.41, 5.74) is 4.45. The molecule has 0 spiro atoms. The molecule has 200 valence electrons. The Labute approximate surface area is 226 Å². The predicted molar refractivity (Wildman–Crippen MR) is 147 cm³/mol. The van der Waals surface area contributed by atoms with Crippen LogP contribution in [-0.2, 0) is 7.05 Å². The summed E-state index contributed by atoms with van der Waals surface area (Å²) in [6, 6.07) is 11.0. The lowest BCUT2D eigenvalue weighted by Gasteiger charge is -2.31. The minimum absolute atomic E-state index is 0.0656. The summed E-state index contributed by atoms with van der Waals surface area (Å²) in [6.45, 7) is 3.92. The SMILES string of the molecule is COc1cc(OC)cc(N(CC(O)CN(C(=O)Cl)C(C)C)c2ccc3ncc(-c4cnn(C)c4)nc3c2)c1. The van der Waals surface area contributed by atoms with E-state index in [1.54, 1.807) is 37.4 Å². The second-order valence-electron chi connectivity index (χ2n) is 9.17. The van der Waals surface area contributed by atoms with Gasteiger partial charge in [0.2, 0.25) is 0 Å². The van der Waals surface area contributed by atoms with E-state index >= 15 is 0 Å². The van der Waals surface area contributed by atoms with Gasteiger partial charge in [0.25, 0.3) is 0 Å². The first-order chi connectivity index (χ1) is 18.2. The van der Waals surface area contributed by atoms with Crippen LogP contribution in [0.4, 0.5) is 16.2 Å². The molecule has 1 N–H and O–H groups in total. The molecule has 2 aromatic heterocycles. The van der Waals surface area contributed by atoms with E-state index in [4.69, 9.17) is 26.1 Å². The zero-order chi connectivity index (χ0) is 27.4. The second kappa shape index (κ2) is 11.7. The molecular weight excluding hydrogens is 508 g/mol. The van der Waals surface area contributed by atoms with Gasteiger partial charge < -0.3 is 24.4 Å². The lowest BCUT2D eigenvalue weighted by molar-refractivity contribution is 0.122. The number of nitrogens with zero attached hydrogens (tertiary/aromatic N) is 6. The third kappa shape index (κ3) is 6.15. The molecule has 2 heterocycles. The molecule has 11 heteroatoms. The molecule has 0 bridgehead atoms. The molecule has 10 nitrogen and oxygen atoms in total. The van der Waals surface area contributed by atoms with Crippen LogP contribution < -0.4 is 14.4 Å². The number of hydrogen-bond donors (Lipinski definition) is 1. The zero-order valence-electron chi connectivity index (χ0n) is 22.0. The first-order valence-electron chi connectivity index (χ1n) is 12.1. The first-order valence-corrected chi connectivity index (χ1v) is 12.5. The monoisotopic (exact) mass is 538 g/mol. The van der Waals surface area contributed by atoms with Crippen molar-refractivity contribution in [2.24, 2.45) is 7.05 Å².